The maximum atomic E-state index is 9.45. The molecular weight excluding hydrogens is 769 g/mol. The van der Waals surface area contributed by atoms with E-state index in [0.29, 0.717) is 32.0 Å². The van der Waals surface area contributed by atoms with Gasteiger partial charge in [-0.15, -0.1) is 6.58 Å². The van der Waals surface area contributed by atoms with Crippen molar-refractivity contribution in [2.75, 3.05) is 46.2 Å². The Bertz CT molecular complexity index is 1250. The van der Waals surface area contributed by atoms with E-state index < -0.39 is 32.0 Å². The Kier molecular flexibility index (Phi) is 32.4. The Morgan fingerprint density at radius 3 is 1.39 bits per heavy atom. The molecule has 324 valence electrons. The van der Waals surface area contributed by atoms with Crippen molar-refractivity contribution in [2.24, 2.45) is 0 Å². The highest BCUT2D eigenvalue weighted by molar-refractivity contribution is 6.83. The lowest BCUT2D eigenvalue weighted by atomic mass is 10.3. The number of rotatable bonds is 19. The van der Waals surface area contributed by atoms with E-state index in [-0.39, 0.29) is 13.2 Å². The molecule has 2 fully saturated rings. The fourth-order valence-corrected chi connectivity index (χ4v) is 15.5. The molecule has 2 aliphatic rings. The van der Waals surface area contributed by atoms with Gasteiger partial charge in [0.25, 0.3) is 0 Å². The van der Waals surface area contributed by atoms with Crippen LogP contribution in [-0.2, 0) is 22.4 Å². The van der Waals surface area contributed by atoms with Crippen molar-refractivity contribution in [3.63, 3.8) is 0 Å². The van der Waals surface area contributed by atoms with Gasteiger partial charge in [0.15, 0.2) is 17.4 Å². The van der Waals surface area contributed by atoms with Crippen LogP contribution in [0.2, 0.25) is 45.8 Å². The van der Waals surface area contributed by atoms with Crippen molar-refractivity contribution in [3.05, 3.63) is 104 Å². The average molecular weight is 847 g/mol. The molecule has 0 saturated carbocycles. The van der Waals surface area contributed by atoms with E-state index in [1.54, 1.807) is 6.08 Å². The van der Waals surface area contributed by atoms with Crippen LogP contribution >= 0.6 is 0 Å². The maximum Gasteiger partial charge on any atom is 0.310 e. The number of unbranched alkanes of at least 4 members (excludes halogenated alkanes) is 2. The summed E-state index contributed by atoms with van der Waals surface area (Å²) in [5.41, 5.74) is 0. The number of aliphatic hydroxyl groups excluding tert-OH is 1. The summed E-state index contributed by atoms with van der Waals surface area (Å²) in [6.07, 6.45) is 7.05. The summed E-state index contributed by atoms with van der Waals surface area (Å²) >= 11 is 0. The van der Waals surface area contributed by atoms with Crippen molar-refractivity contribution in [3.8, 4) is 17.2 Å². The van der Waals surface area contributed by atoms with Crippen LogP contribution in [0.25, 0.3) is 0 Å². The molecule has 3 atom stereocenters. The Balaban J connectivity index is 0.000000693. The molecule has 5 rings (SSSR count). The third-order valence-corrected chi connectivity index (χ3v) is 15.2. The van der Waals surface area contributed by atoms with Gasteiger partial charge in [0.05, 0.1) is 26.4 Å². The lowest BCUT2D eigenvalue weighted by Crippen LogP contribution is -2.46. The third-order valence-electron chi connectivity index (χ3n) is 6.67. The predicted octanol–water partition coefficient (Wildman–Crippen LogP) is 10.7. The minimum Gasteiger partial charge on any atom is -0.491 e. The Morgan fingerprint density at radius 1 is 0.702 bits per heavy atom. The zero-order valence-electron chi connectivity index (χ0n) is 37.2. The SMILES string of the molecule is C=CCOCC(O)COc1ccccc1.CCC.CCCCC.C[SiH](C)O[Si](C)(C)O[Si](C)(C)C.c1ccc(OCC2CO2)cc1.c1ccc(OCC2CO2)cc1. The molecule has 0 radical (unpaired) electrons. The summed E-state index contributed by atoms with van der Waals surface area (Å²) in [7, 11) is -4.10. The lowest BCUT2D eigenvalue weighted by Gasteiger charge is -2.32. The minimum atomic E-state index is -1.78. The zero-order chi connectivity index (χ0) is 42.8. The quantitative estimate of drug-likeness (QED) is 0.0547. The Morgan fingerprint density at radius 2 is 1.09 bits per heavy atom. The molecule has 0 spiro atoms. The van der Waals surface area contributed by atoms with Crippen molar-refractivity contribution in [2.45, 2.75) is 118 Å². The number of para-hydroxylation sites is 3. The van der Waals surface area contributed by atoms with E-state index in [1.165, 1.54) is 25.7 Å². The van der Waals surface area contributed by atoms with E-state index >= 15 is 0 Å². The average Bonchev–Trinajstić information content (AvgIpc) is 4.11. The molecule has 0 aromatic heterocycles. The summed E-state index contributed by atoms with van der Waals surface area (Å²) in [4.78, 5) is 0. The molecule has 2 saturated heterocycles. The van der Waals surface area contributed by atoms with E-state index in [9.17, 15) is 5.11 Å². The number of ether oxygens (including phenoxy) is 6. The van der Waals surface area contributed by atoms with Crippen LogP contribution in [0.15, 0.2) is 104 Å². The number of benzene rings is 3. The van der Waals surface area contributed by atoms with Gasteiger partial charge in [-0.25, -0.2) is 0 Å². The third kappa shape index (κ3) is 38.5. The summed E-state index contributed by atoms with van der Waals surface area (Å²) in [5.74, 6) is 2.59. The molecule has 2 aliphatic heterocycles. The first-order chi connectivity index (χ1) is 27.2. The van der Waals surface area contributed by atoms with Crippen molar-refractivity contribution < 1.29 is 41.8 Å². The van der Waals surface area contributed by atoms with E-state index in [4.69, 9.17) is 36.7 Å². The van der Waals surface area contributed by atoms with Gasteiger partial charge < -0.3 is 41.8 Å². The van der Waals surface area contributed by atoms with Crippen LogP contribution in [-0.4, -0.2) is 95.6 Å². The molecule has 12 heteroatoms. The Labute approximate surface area is 351 Å². The number of hydrogen-bond acceptors (Lipinski definition) is 9. The molecule has 0 aliphatic carbocycles. The van der Waals surface area contributed by atoms with Gasteiger partial charge >= 0.3 is 8.56 Å². The second-order valence-corrected chi connectivity index (χ2v) is 26.0. The Hall–Kier alpha value is -2.79. The normalized spacial score (nSPS) is 15.4. The zero-order valence-corrected chi connectivity index (χ0v) is 40.4. The lowest BCUT2D eigenvalue weighted by molar-refractivity contribution is 0.0214. The summed E-state index contributed by atoms with van der Waals surface area (Å²) in [6.45, 7) is 31.6. The molecule has 3 unspecified atom stereocenters. The molecule has 0 bridgehead atoms. The molecule has 0 amide bonds. The number of hydrogen-bond donors (Lipinski definition) is 1. The van der Waals surface area contributed by atoms with Crippen LogP contribution in [0, 0.1) is 0 Å². The first-order valence-electron chi connectivity index (χ1n) is 20.7. The van der Waals surface area contributed by atoms with Gasteiger partial charge in [-0.3, -0.25) is 0 Å². The molecule has 9 nitrogen and oxygen atoms in total. The van der Waals surface area contributed by atoms with E-state index in [1.807, 2.05) is 91.0 Å². The van der Waals surface area contributed by atoms with Crippen LogP contribution in [0.4, 0.5) is 0 Å². The van der Waals surface area contributed by atoms with Crippen LogP contribution in [0.5, 0.6) is 17.2 Å². The second kappa shape index (κ2) is 34.1. The topological polar surface area (TPSA) is 101 Å². The van der Waals surface area contributed by atoms with Gasteiger partial charge in [0, 0.05) is 0 Å². The smallest absolute Gasteiger partial charge is 0.310 e. The number of aliphatic hydroxyl groups is 1. The monoisotopic (exact) mass is 846 g/mol. The van der Waals surface area contributed by atoms with E-state index in [2.05, 4.69) is 80.1 Å². The standard InChI is InChI=1S/C12H16O3.2C9H10O2.C7H22O2Si3.C5H12.C3H8/c1-2-8-14-9-11(13)10-15-12-6-4-3-5-7-12;2*1-2-4-8(5-3-1)10-6-9-7-11-9;1-10(2)8-12(6,7)9-11(3,4)5;1-3-5-4-2;1-3-2/h2-7,11,13H,1,8-10H2;2*1-5,9H,6-7H2;10H,1-7H3;3-5H2,1-2H3;3H2,1-2H3. The summed E-state index contributed by atoms with van der Waals surface area (Å²) < 4.78 is 43.2. The fourth-order valence-electron chi connectivity index (χ4n) is 4.47. The van der Waals surface area contributed by atoms with Crippen molar-refractivity contribution >= 4 is 25.9 Å². The van der Waals surface area contributed by atoms with Crippen LogP contribution < -0.4 is 14.2 Å². The van der Waals surface area contributed by atoms with Crippen molar-refractivity contribution in [1.29, 1.82) is 0 Å². The molecule has 57 heavy (non-hydrogen) atoms. The minimum absolute atomic E-state index is 0.237. The summed E-state index contributed by atoms with van der Waals surface area (Å²) in [6, 6.07) is 29.0. The predicted molar refractivity (Wildman–Crippen MR) is 245 cm³/mol. The van der Waals surface area contributed by atoms with Crippen molar-refractivity contribution in [1.82, 2.24) is 0 Å². The van der Waals surface area contributed by atoms with Gasteiger partial charge in [-0.1, -0.05) is 114 Å². The van der Waals surface area contributed by atoms with Gasteiger partial charge in [0.1, 0.15) is 55.4 Å². The van der Waals surface area contributed by atoms with E-state index in [0.717, 1.165) is 30.5 Å². The first kappa shape index (κ1) is 54.2. The highest BCUT2D eigenvalue weighted by Crippen LogP contribution is 2.17. The largest absolute Gasteiger partial charge is 0.491 e. The highest BCUT2D eigenvalue weighted by atomic mass is 28.5. The van der Waals surface area contributed by atoms with Crippen LogP contribution in [0.3, 0.4) is 0 Å². The molecule has 1 N–H and O–H groups in total. The molecule has 3 aromatic rings. The first-order valence-corrected chi connectivity index (χ1v) is 29.7. The van der Waals surface area contributed by atoms with Gasteiger partial charge in [0.2, 0.25) is 0 Å². The second-order valence-electron chi connectivity index (χ2n) is 15.1. The van der Waals surface area contributed by atoms with Gasteiger partial charge in [-0.05, 0) is 82.2 Å². The highest BCUT2D eigenvalue weighted by Gasteiger charge is 2.32. The molecule has 3 aromatic carbocycles. The fraction of sp³-hybridized carbons (Fsp3) is 0.556. The molecular formula is C45H78O9Si3. The maximum absolute atomic E-state index is 9.45. The van der Waals surface area contributed by atoms with Gasteiger partial charge in [-0.2, -0.15) is 0 Å². The number of epoxide rings is 2. The van der Waals surface area contributed by atoms with Crippen LogP contribution in [0.1, 0.15) is 53.4 Å². The molecule has 2 heterocycles. The summed E-state index contributed by atoms with van der Waals surface area (Å²) in [5, 5.41) is 9.45.